The fourth-order valence-electron chi connectivity index (χ4n) is 1.83. The number of nitrogens with zero attached hydrogens (tertiary/aromatic N) is 2. The first-order valence-corrected chi connectivity index (χ1v) is 6.49. The number of pyridine rings is 1. The van der Waals surface area contributed by atoms with Crippen LogP contribution in [0.25, 0.3) is 0 Å². The number of hydrogen-bond donors (Lipinski definition) is 1. The minimum atomic E-state index is 0.0785. The van der Waals surface area contributed by atoms with Gasteiger partial charge in [-0.05, 0) is 45.2 Å². The molecule has 0 saturated heterocycles. The smallest absolute Gasteiger partial charge is 0.125 e. The van der Waals surface area contributed by atoms with E-state index < -0.39 is 0 Å². The van der Waals surface area contributed by atoms with E-state index in [-0.39, 0.29) is 5.41 Å². The molecule has 1 aliphatic carbocycles. The first-order chi connectivity index (χ1) is 9.06. The van der Waals surface area contributed by atoms with Gasteiger partial charge in [0.1, 0.15) is 12.3 Å². The molecular formula is C14H21N3O2. The molecule has 0 radical (unpaired) electrons. The highest BCUT2D eigenvalue weighted by Gasteiger charge is 2.44. The Balaban J connectivity index is 1.93. The molecule has 0 spiro atoms. The lowest BCUT2D eigenvalue weighted by atomic mass is 10.1. The second-order valence-corrected chi connectivity index (χ2v) is 5.36. The van der Waals surface area contributed by atoms with Crippen LogP contribution in [0.15, 0.2) is 17.3 Å². The number of rotatable bonds is 6. The highest BCUT2D eigenvalue weighted by atomic mass is 16.6. The summed E-state index contributed by atoms with van der Waals surface area (Å²) in [6, 6.07) is 4.00. The van der Waals surface area contributed by atoms with Gasteiger partial charge in [0.05, 0.1) is 12.3 Å². The Labute approximate surface area is 113 Å². The van der Waals surface area contributed by atoms with Crippen LogP contribution >= 0.6 is 0 Å². The molecule has 0 atom stereocenters. The highest BCUT2D eigenvalue weighted by molar-refractivity contribution is 5.96. The van der Waals surface area contributed by atoms with Crippen molar-refractivity contribution in [1.82, 2.24) is 4.98 Å². The molecule has 1 aromatic rings. The molecule has 19 heavy (non-hydrogen) atoms. The van der Waals surface area contributed by atoms with Crippen molar-refractivity contribution >= 4 is 5.71 Å². The van der Waals surface area contributed by atoms with E-state index in [4.69, 9.17) is 15.6 Å². The molecule has 5 nitrogen and oxygen atoms in total. The second kappa shape index (κ2) is 5.67. The molecule has 5 heteroatoms. The zero-order chi connectivity index (χ0) is 13.9. The minimum absolute atomic E-state index is 0.0785. The summed E-state index contributed by atoms with van der Waals surface area (Å²) < 4.78 is 0. The van der Waals surface area contributed by atoms with E-state index in [1.54, 1.807) is 0 Å². The van der Waals surface area contributed by atoms with Gasteiger partial charge in [-0.25, -0.2) is 5.90 Å². The summed E-state index contributed by atoms with van der Waals surface area (Å²) in [7, 11) is 0. The predicted molar refractivity (Wildman–Crippen MR) is 73.7 cm³/mol. The van der Waals surface area contributed by atoms with Crippen molar-refractivity contribution in [3.63, 3.8) is 0 Å². The number of nitrogens with two attached hydrogens (primary N) is 1. The van der Waals surface area contributed by atoms with E-state index >= 15 is 0 Å². The van der Waals surface area contributed by atoms with Gasteiger partial charge in [0.25, 0.3) is 0 Å². The molecule has 0 unspecified atom stereocenters. The average molecular weight is 263 g/mol. The van der Waals surface area contributed by atoms with Gasteiger partial charge in [0.15, 0.2) is 0 Å². The summed E-state index contributed by atoms with van der Waals surface area (Å²) in [6.45, 7) is 7.01. The van der Waals surface area contributed by atoms with Crippen LogP contribution in [0, 0.1) is 19.3 Å². The van der Waals surface area contributed by atoms with Crippen LogP contribution in [0.5, 0.6) is 0 Å². The van der Waals surface area contributed by atoms with Gasteiger partial charge in [0, 0.05) is 11.1 Å². The molecular weight excluding hydrogens is 242 g/mol. The van der Waals surface area contributed by atoms with E-state index in [9.17, 15) is 0 Å². The summed E-state index contributed by atoms with van der Waals surface area (Å²) in [5, 5.41) is 4.13. The Morgan fingerprint density at radius 1 is 1.37 bits per heavy atom. The van der Waals surface area contributed by atoms with Crippen LogP contribution in [0.1, 0.15) is 36.7 Å². The Morgan fingerprint density at radius 2 is 2.11 bits per heavy atom. The number of hydrogen-bond acceptors (Lipinski definition) is 5. The standard InChI is InChI=1S/C14H21N3O2/c1-10-4-5-13(16-11(10)2)12(3)17-19-9-14(6-7-14)8-18-15/h4-5H,6-9,15H2,1-3H3/b17-12+. The minimum Gasteiger partial charge on any atom is -0.395 e. The van der Waals surface area contributed by atoms with Crippen LogP contribution < -0.4 is 5.90 Å². The SMILES string of the molecule is C/C(=N\OCC1(CON)CC1)c1ccc(C)c(C)n1. The van der Waals surface area contributed by atoms with Crippen molar-refractivity contribution in [3.8, 4) is 0 Å². The third-order valence-electron chi connectivity index (χ3n) is 3.64. The topological polar surface area (TPSA) is 69.7 Å². The normalized spacial score (nSPS) is 17.4. The third kappa shape index (κ3) is 3.52. The Morgan fingerprint density at radius 3 is 2.68 bits per heavy atom. The molecule has 0 aromatic carbocycles. The van der Waals surface area contributed by atoms with E-state index in [1.165, 1.54) is 5.56 Å². The Hall–Kier alpha value is -1.46. The van der Waals surface area contributed by atoms with Gasteiger partial charge in [-0.15, -0.1) is 0 Å². The van der Waals surface area contributed by atoms with Crippen molar-refractivity contribution in [2.24, 2.45) is 16.5 Å². The summed E-state index contributed by atoms with van der Waals surface area (Å²) in [6.07, 6.45) is 2.17. The summed E-state index contributed by atoms with van der Waals surface area (Å²) >= 11 is 0. The van der Waals surface area contributed by atoms with Crippen molar-refractivity contribution in [2.75, 3.05) is 13.2 Å². The maximum absolute atomic E-state index is 5.41. The van der Waals surface area contributed by atoms with E-state index in [0.29, 0.717) is 13.2 Å². The zero-order valence-electron chi connectivity index (χ0n) is 11.8. The Kier molecular flexibility index (Phi) is 4.17. The molecule has 0 amide bonds. The van der Waals surface area contributed by atoms with Gasteiger partial charge >= 0.3 is 0 Å². The predicted octanol–water partition coefficient (Wildman–Crippen LogP) is 2.11. The highest BCUT2D eigenvalue weighted by Crippen LogP contribution is 2.45. The lowest BCUT2D eigenvalue weighted by Gasteiger charge is -2.11. The van der Waals surface area contributed by atoms with Crippen LogP contribution in [0.4, 0.5) is 0 Å². The van der Waals surface area contributed by atoms with Crippen molar-refractivity contribution < 1.29 is 9.68 Å². The molecule has 0 aliphatic heterocycles. The van der Waals surface area contributed by atoms with Crippen LogP contribution in [-0.2, 0) is 9.68 Å². The maximum Gasteiger partial charge on any atom is 0.125 e. The van der Waals surface area contributed by atoms with Crippen molar-refractivity contribution in [2.45, 2.75) is 33.6 Å². The number of oxime groups is 1. The Bertz CT molecular complexity index is 482. The summed E-state index contributed by atoms with van der Waals surface area (Å²) in [5.74, 6) is 5.11. The molecule has 0 bridgehead atoms. The fraction of sp³-hybridized carbons (Fsp3) is 0.571. The van der Waals surface area contributed by atoms with Crippen LogP contribution in [0.3, 0.4) is 0 Å². The molecule has 1 fully saturated rings. The summed E-state index contributed by atoms with van der Waals surface area (Å²) in [4.78, 5) is 14.6. The molecule has 1 aliphatic rings. The van der Waals surface area contributed by atoms with E-state index in [2.05, 4.69) is 10.1 Å². The van der Waals surface area contributed by atoms with E-state index in [0.717, 1.165) is 29.9 Å². The molecule has 1 aromatic heterocycles. The lowest BCUT2D eigenvalue weighted by Crippen LogP contribution is -2.19. The van der Waals surface area contributed by atoms with Gasteiger partial charge in [-0.2, -0.15) is 0 Å². The van der Waals surface area contributed by atoms with Crippen molar-refractivity contribution in [1.29, 1.82) is 0 Å². The molecule has 104 valence electrons. The third-order valence-corrected chi connectivity index (χ3v) is 3.64. The molecule has 1 heterocycles. The summed E-state index contributed by atoms with van der Waals surface area (Å²) in [5.41, 5.74) is 3.90. The largest absolute Gasteiger partial charge is 0.395 e. The quantitative estimate of drug-likeness (QED) is 0.630. The van der Waals surface area contributed by atoms with Gasteiger partial charge in [-0.1, -0.05) is 11.2 Å². The number of aryl methyl sites for hydroxylation is 2. The van der Waals surface area contributed by atoms with E-state index in [1.807, 2.05) is 32.9 Å². The van der Waals surface area contributed by atoms with Gasteiger partial charge in [0.2, 0.25) is 0 Å². The molecule has 2 rings (SSSR count). The van der Waals surface area contributed by atoms with Crippen molar-refractivity contribution in [3.05, 3.63) is 29.1 Å². The van der Waals surface area contributed by atoms with Crippen LogP contribution in [0.2, 0.25) is 0 Å². The first-order valence-electron chi connectivity index (χ1n) is 6.49. The maximum atomic E-state index is 5.41. The van der Waals surface area contributed by atoms with Gasteiger partial charge < -0.3 is 9.68 Å². The monoisotopic (exact) mass is 263 g/mol. The average Bonchev–Trinajstić information content (AvgIpc) is 3.13. The lowest BCUT2D eigenvalue weighted by molar-refractivity contribution is 0.0294. The first kappa shape index (κ1) is 14.0. The molecule has 2 N–H and O–H groups in total. The fourth-order valence-corrected chi connectivity index (χ4v) is 1.83. The zero-order valence-corrected chi connectivity index (χ0v) is 11.8. The second-order valence-electron chi connectivity index (χ2n) is 5.36. The molecule has 1 saturated carbocycles. The number of aromatic nitrogens is 1. The van der Waals surface area contributed by atoms with Gasteiger partial charge in [-0.3, -0.25) is 4.98 Å². The van der Waals surface area contributed by atoms with Crippen LogP contribution in [-0.4, -0.2) is 23.9 Å².